The maximum Gasteiger partial charge on any atom is 0.337 e. The molecule has 3 heterocycles. The summed E-state index contributed by atoms with van der Waals surface area (Å²) in [6.07, 6.45) is 1.52. The van der Waals surface area contributed by atoms with Crippen LogP contribution in [0, 0.1) is 3.95 Å². The first kappa shape index (κ1) is 18.1. The molecule has 142 valence electrons. The number of nitrogens with zero attached hydrogens (tertiary/aromatic N) is 1. The van der Waals surface area contributed by atoms with E-state index >= 15 is 0 Å². The fourth-order valence-electron chi connectivity index (χ4n) is 2.85. The zero-order valence-corrected chi connectivity index (χ0v) is 16.1. The maximum atomic E-state index is 12.6. The molecule has 0 saturated heterocycles. The third-order valence-electron chi connectivity index (χ3n) is 4.16. The zero-order chi connectivity index (χ0) is 19.8. The van der Waals surface area contributed by atoms with Gasteiger partial charge in [0.1, 0.15) is 16.3 Å². The first-order chi connectivity index (χ1) is 13.5. The van der Waals surface area contributed by atoms with Crippen LogP contribution in [0.15, 0.2) is 45.8 Å². The number of hydrogen-bond acceptors (Lipinski definition) is 7. The van der Waals surface area contributed by atoms with Crippen LogP contribution in [-0.4, -0.2) is 28.4 Å². The largest absolute Gasteiger partial charge is 0.467 e. The first-order valence-corrected chi connectivity index (χ1v) is 9.32. The number of thiazole rings is 1. The number of fused-ring (bicyclic) bond motifs is 3. The van der Waals surface area contributed by atoms with Gasteiger partial charge in [0.05, 0.1) is 36.4 Å². The number of benzene rings is 1. The van der Waals surface area contributed by atoms with Crippen molar-refractivity contribution in [2.75, 3.05) is 7.11 Å². The van der Waals surface area contributed by atoms with Crippen LogP contribution in [0.25, 0.3) is 16.6 Å². The molecule has 0 bridgehead atoms. The minimum Gasteiger partial charge on any atom is -0.467 e. The van der Waals surface area contributed by atoms with Gasteiger partial charge in [-0.3, -0.25) is 14.0 Å². The fourth-order valence-corrected chi connectivity index (χ4v) is 4.15. The van der Waals surface area contributed by atoms with Crippen molar-refractivity contribution in [3.05, 3.63) is 67.1 Å². The monoisotopic (exact) mass is 415 g/mol. The summed E-state index contributed by atoms with van der Waals surface area (Å²) in [5.74, 6) is -0.329. The smallest absolute Gasteiger partial charge is 0.337 e. The molecule has 3 aromatic heterocycles. The lowest BCUT2D eigenvalue weighted by Crippen LogP contribution is -2.22. The minimum atomic E-state index is -0.534. The number of rotatable bonds is 4. The van der Waals surface area contributed by atoms with Gasteiger partial charge >= 0.3 is 5.97 Å². The molecule has 0 radical (unpaired) electrons. The number of furan rings is 1. The Morgan fingerprint density at radius 2 is 2.18 bits per heavy atom. The molecule has 8 nitrogen and oxygen atoms in total. The number of aromatic amines is 1. The highest BCUT2D eigenvalue weighted by molar-refractivity contribution is 7.73. The van der Waals surface area contributed by atoms with Crippen molar-refractivity contribution in [2.45, 2.75) is 6.54 Å². The van der Waals surface area contributed by atoms with Crippen molar-refractivity contribution in [3.63, 3.8) is 0 Å². The van der Waals surface area contributed by atoms with E-state index in [2.05, 4.69) is 10.3 Å². The Labute approximate surface area is 166 Å². The van der Waals surface area contributed by atoms with Gasteiger partial charge in [-0.25, -0.2) is 4.79 Å². The topological polar surface area (TPSA) is 106 Å². The predicted molar refractivity (Wildman–Crippen MR) is 105 cm³/mol. The normalized spacial score (nSPS) is 11.0. The summed E-state index contributed by atoms with van der Waals surface area (Å²) in [4.78, 5) is 40.0. The van der Waals surface area contributed by atoms with Crippen LogP contribution in [0.5, 0.6) is 0 Å². The molecule has 0 spiro atoms. The van der Waals surface area contributed by atoms with Crippen LogP contribution in [0.1, 0.15) is 25.8 Å². The predicted octanol–water partition coefficient (Wildman–Crippen LogP) is 2.88. The van der Waals surface area contributed by atoms with Gasteiger partial charge in [0.2, 0.25) is 0 Å². The Bertz CT molecular complexity index is 1330. The Morgan fingerprint density at radius 1 is 1.36 bits per heavy atom. The quantitative estimate of drug-likeness (QED) is 0.392. The highest BCUT2D eigenvalue weighted by atomic mass is 32.1. The summed E-state index contributed by atoms with van der Waals surface area (Å²) >= 11 is 6.48. The van der Waals surface area contributed by atoms with E-state index in [4.69, 9.17) is 21.4 Å². The molecular formula is C18H13N3O5S2. The molecule has 1 amide bonds. The summed E-state index contributed by atoms with van der Waals surface area (Å²) in [6.45, 7) is 0.201. The van der Waals surface area contributed by atoms with Crippen molar-refractivity contribution < 1.29 is 18.7 Å². The molecule has 4 rings (SSSR count). The second-order valence-electron chi connectivity index (χ2n) is 5.82. The van der Waals surface area contributed by atoms with Gasteiger partial charge in [0, 0.05) is 0 Å². The number of carbonyl (C=O) groups excluding carboxylic acids is 2. The van der Waals surface area contributed by atoms with Gasteiger partial charge in [-0.2, -0.15) is 0 Å². The maximum absolute atomic E-state index is 12.6. The van der Waals surface area contributed by atoms with Crippen LogP contribution in [-0.2, 0) is 11.3 Å². The molecule has 4 aromatic rings. The average Bonchev–Trinajstić information content (AvgIpc) is 3.33. The molecule has 28 heavy (non-hydrogen) atoms. The van der Waals surface area contributed by atoms with Crippen LogP contribution >= 0.6 is 23.6 Å². The minimum absolute atomic E-state index is 0.201. The first-order valence-electron chi connectivity index (χ1n) is 8.10. The van der Waals surface area contributed by atoms with Crippen molar-refractivity contribution in [1.82, 2.24) is 14.7 Å². The summed E-state index contributed by atoms with van der Waals surface area (Å²) in [6, 6.07) is 8.01. The molecule has 0 fully saturated rings. The van der Waals surface area contributed by atoms with E-state index in [1.54, 1.807) is 16.5 Å². The van der Waals surface area contributed by atoms with Gasteiger partial charge in [-0.1, -0.05) is 11.3 Å². The number of hydrogen-bond donors (Lipinski definition) is 2. The molecule has 1 aromatic carbocycles. The summed E-state index contributed by atoms with van der Waals surface area (Å²) in [5.41, 5.74) is 0.581. The molecule has 0 unspecified atom stereocenters. The highest BCUT2D eigenvalue weighted by Gasteiger charge is 2.19. The number of esters is 1. The van der Waals surface area contributed by atoms with Gasteiger partial charge in [-0.15, -0.1) is 0 Å². The van der Waals surface area contributed by atoms with Gasteiger partial charge in [0.15, 0.2) is 3.95 Å². The third kappa shape index (κ3) is 3.02. The second kappa shape index (κ2) is 7.06. The lowest BCUT2D eigenvalue weighted by atomic mass is 10.1. The molecule has 0 aliphatic carbocycles. The number of carbonyl (C=O) groups is 2. The van der Waals surface area contributed by atoms with Crippen molar-refractivity contribution >= 4 is 52.0 Å². The van der Waals surface area contributed by atoms with E-state index in [0.29, 0.717) is 20.6 Å². The zero-order valence-electron chi connectivity index (χ0n) is 14.5. The molecule has 2 N–H and O–H groups in total. The molecular weight excluding hydrogens is 402 g/mol. The number of H-pyrrole nitrogens is 1. The van der Waals surface area contributed by atoms with Crippen molar-refractivity contribution in [3.8, 4) is 0 Å². The van der Waals surface area contributed by atoms with Crippen LogP contribution in [0.4, 0.5) is 0 Å². The standard InChI is InChI=1S/C18H13N3O5S2/c1-25-17(24)9-4-5-11-12(7-9)21-14(20-15(11)22)13(28-18(21)27)16(23)19-8-10-3-2-6-26-10/h2-7H,8H2,1H3,(H,19,23)(H,20,22). The number of nitrogens with one attached hydrogen (secondary N) is 2. The van der Waals surface area contributed by atoms with E-state index in [0.717, 1.165) is 11.3 Å². The highest BCUT2D eigenvalue weighted by Crippen LogP contribution is 2.23. The SMILES string of the molecule is COC(=O)c1ccc2c(=O)[nH]c3c(C(=O)NCc4ccco4)sc(=S)n3c2c1. The van der Waals surface area contributed by atoms with E-state index in [1.165, 1.54) is 31.6 Å². The van der Waals surface area contributed by atoms with Crippen LogP contribution in [0.2, 0.25) is 0 Å². The summed E-state index contributed by atoms with van der Waals surface area (Å²) in [5, 5.41) is 3.08. The number of methoxy groups -OCH3 is 1. The molecule has 0 saturated carbocycles. The van der Waals surface area contributed by atoms with Gasteiger partial charge in [-0.05, 0) is 42.5 Å². The number of aromatic nitrogens is 2. The number of amides is 1. The molecule has 10 heteroatoms. The molecule has 0 aliphatic heterocycles. The van der Waals surface area contributed by atoms with E-state index in [1.807, 2.05) is 0 Å². The van der Waals surface area contributed by atoms with Crippen LogP contribution < -0.4 is 10.9 Å². The fraction of sp³-hybridized carbons (Fsp3) is 0.111. The number of ether oxygens (including phenoxy) is 1. The average molecular weight is 415 g/mol. The van der Waals surface area contributed by atoms with E-state index < -0.39 is 11.9 Å². The van der Waals surface area contributed by atoms with Gasteiger partial charge < -0.3 is 19.5 Å². The summed E-state index contributed by atoms with van der Waals surface area (Å²) < 4.78 is 11.9. The van der Waals surface area contributed by atoms with E-state index in [9.17, 15) is 14.4 Å². The Balaban J connectivity index is 1.86. The Morgan fingerprint density at radius 3 is 2.89 bits per heavy atom. The van der Waals surface area contributed by atoms with Crippen molar-refractivity contribution in [1.29, 1.82) is 0 Å². The Kier molecular flexibility index (Phi) is 4.57. The van der Waals surface area contributed by atoms with Gasteiger partial charge in [0.25, 0.3) is 11.5 Å². The molecule has 0 atom stereocenters. The lowest BCUT2D eigenvalue weighted by Gasteiger charge is -2.06. The van der Waals surface area contributed by atoms with E-state index in [-0.39, 0.29) is 28.2 Å². The lowest BCUT2D eigenvalue weighted by molar-refractivity contribution is 0.0600. The Hall–Kier alpha value is -3.24. The third-order valence-corrected chi connectivity index (χ3v) is 5.53. The van der Waals surface area contributed by atoms with Crippen LogP contribution in [0.3, 0.4) is 0 Å². The molecule has 0 aliphatic rings. The second-order valence-corrected chi connectivity index (χ2v) is 7.46. The van der Waals surface area contributed by atoms with Crippen molar-refractivity contribution in [2.24, 2.45) is 0 Å². The summed E-state index contributed by atoms with van der Waals surface area (Å²) in [7, 11) is 1.28.